The van der Waals surface area contributed by atoms with E-state index in [4.69, 9.17) is 4.74 Å². The highest BCUT2D eigenvalue weighted by atomic mass is 32.1. The molecule has 2 heterocycles. The first-order chi connectivity index (χ1) is 17.0. The van der Waals surface area contributed by atoms with Crippen molar-refractivity contribution in [2.24, 2.45) is 0 Å². The molecule has 0 radical (unpaired) electrons. The van der Waals surface area contributed by atoms with Crippen LogP contribution < -0.4 is 5.32 Å². The van der Waals surface area contributed by atoms with Gasteiger partial charge in [-0.2, -0.15) is 0 Å². The second kappa shape index (κ2) is 11.8. The van der Waals surface area contributed by atoms with E-state index in [9.17, 15) is 14.4 Å². The Balaban J connectivity index is 1.33. The number of hydrogen-bond donors (Lipinski definition) is 1. The molecule has 2 aromatic carbocycles. The molecule has 35 heavy (non-hydrogen) atoms. The van der Waals surface area contributed by atoms with Gasteiger partial charge in [0.2, 0.25) is 5.91 Å². The van der Waals surface area contributed by atoms with Gasteiger partial charge >= 0.3 is 5.97 Å². The summed E-state index contributed by atoms with van der Waals surface area (Å²) >= 11 is 1.49. The lowest BCUT2D eigenvalue weighted by atomic mass is 9.97. The van der Waals surface area contributed by atoms with Crippen molar-refractivity contribution in [3.8, 4) is 11.1 Å². The molecule has 4 rings (SSSR count). The number of thiazole rings is 1. The molecule has 0 atom stereocenters. The van der Waals surface area contributed by atoms with Crippen molar-refractivity contribution < 1.29 is 19.1 Å². The molecule has 1 aromatic heterocycles. The predicted molar refractivity (Wildman–Crippen MR) is 136 cm³/mol. The lowest BCUT2D eigenvalue weighted by Gasteiger charge is -2.31. The van der Waals surface area contributed by atoms with E-state index in [0.29, 0.717) is 25.4 Å². The number of carbonyl (C=O) groups is 3. The number of amides is 2. The van der Waals surface area contributed by atoms with Gasteiger partial charge in [0.1, 0.15) is 5.69 Å². The summed E-state index contributed by atoms with van der Waals surface area (Å²) in [6, 6.07) is 17.7. The zero-order valence-electron chi connectivity index (χ0n) is 19.7. The summed E-state index contributed by atoms with van der Waals surface area (Å²) in [7, 11) is 0. The fourth-order valence-electron chi connectivity index (χ4n) is 4.20. The number of likely N-dealkylation sites (tertiary alicyclic amines) is 1. The van der Waals surface area contributed by atoms with Gasteiger partial charge < -0.3 is 15.0 Å². The number of ether oxygens (including phenoxy) is 1. The van der Waals surface area contributed by atoms with Gasteiger partial charge in [-0.15, -0.1) is 11.3 Å². The summed E-state index contributed by atoms with van der Waals surface area (Å²) in [4.78, 5) is 43.3. The summed E-state index contributed by atoms with van der Waals surface area (Å²) in [5, 5.41) is 5.73. The number of nitrogens with one attached hydrogen (secondary N) is 1. The van der Waals surface area contributed by atoms with E-state index in [1.54, 1.807) is 17.2 Å². The minimum atomic E-state index is -0.337. The molecule has 0 unspecified atom stereocenters. The first kappa shape index (κ1) is 24.6. The minimum absolute atomic E-state index is 0.0206. The average molecular weight is 492 g/mol. The summed E-state index contributed by atoms with van der Waals surface area (Å²) < 4.78 is 4.89. The summed E-state index contributed by atoms with van der Waals surface area (Å²) in [6.07, 6.45) is 1.87. The van der Waals surface area contributed by atoms with Crippen LogP contribution in [-0.4, -0.2) is 47.4 Å². The van der Waals surface area contributed by atoms with Crippen LogP contribution in [0.3, 0.4) is 0 Å². The van der Waals surface area contributed by atoms with E-state index in [1.807, 2.05) is 54.6 Å². The molecular formula is C27H29N3O4S. The molecule has 8 heteroatoms. The topological polar surface area (TPSA) is 88.6 Å². The third kappa shape index (κ3) is 6.33. The molecule has 1 N–H and O–H groups in total. The Morgan fingerprint density at radius 2 is 1.74 bits per heavy atom. The molecule has 1 aliphatic rings. The number of piperidine rings is 1. The normalized spacial score (nSPS) is 13.9. The fourth-order valence-corrected chi connectivity index (χ4v) is 5.17. The van der Waals surface area contributed by atoms with Gasteiger partial charge in [-0.1, -0.05) is 48.5 Å². The predicted octanol–water partition coefficient (Wildman–Crippen LogP) is 5.11. The van der Waals surface area contributed by atoms with Crippen molar-refractivity contribution in [3.05, 3.63) is 70.7 Å². The lowest BCUT2D eigenvalue weighted by Crippen LogP contribution is -2.38. The third-order valence-corrected chi connectivity index (χ3v) is 7.07. The number of aromatic nitrogens is 1. The first-order valence-electron chi connectivity index (χ1n) is 11.9. The van der Waals surface area contributed by atoms with Crippen LogP contribution in [0.25, 0.3) is 11.1 Å². The molecule has 2 amide bonds. The molecule has 1 saturated heterocycles. The zero-order valence-corrected chi connectivity index (χ0v) is 20.6. The number of esters is 1. The van der Waals surface area contributed by atoms with Crippen LogP contribution in [0.1, 0.15) is 54.0 Å². The molecule has 7 nitrogen and oxygen atoms in total. The van der Waals surface area contributed by atoms with Crippen molar-refractivity contribution in [1.29, 1.82) is 0 Å². The molecule has 0 spiro atoms. The zero-order chi connectivity index (χ0) is 24.6. The van der Waals surface area contributed by atoms with Gasteiger partial charge in [0.05, 0.1) is 18.0 Å². The number of nitrogens with zero attached hydrogens (tertiary/aromatic N) is 2. The van der Waals surface area contributed by atoms with E-state index in [1.165, 1.54) is 11.3 Å². The van der Waals surface area contributed by atoms with E-state index in [0.717, 1.165) is 34.7 Å². The van der Waals surface area contributed by atoms with Gasteiger partial charge in [-0.05, 0) is 31.4 Å². The summed E-state index contributed by atoms with van der Waals surface area (Å²) in [5.41, 5.74) is 3.14. The Labute approximate surface area is 209 Å². The quantitative estimate of drug-likeness (QED) is 0.442. The van der Waals surface area contributed by atoms with Crippen LogP contribution in [-0.2, 0) is 14.3 Å². The van der Waals surface area contributed by atoms with E-state index in [-0.39, 0.29) is 36.5 Å². The smallest absolute Gasteiger partial charge is 0.306 e. The number of rotatable bonds is 8. The van der Waals surface area contributed by atoms with Crippen LogP contribution in [0.15, 0.2) is 60.0 Å². The van der Waals surface area contributed by atoms with Gasteiger partial charge in [-0.25, -0.2) is 4.98 Å². The summed E-state index contributed by atoms with van der Waals surface area (Å²) in [6.45, 7) is 3.32. The molecular weight excluding hydrogens is 462 g/mol. The van der Waals surface area contributed by atoms with Crippen molar-refractivity contribution in [2.75, 3.05) is 25.0 Å². The average Bonchev–Trinajstić information content (AvgIpc) is 3.39. The van der Waals surface area contributed by atoms with Crippen molar-refractivity contribution in [2.45, 2.75) is 38.5 Å². The molecule has 182 valence electrons. The Kier molecular flexibility index (Phi) is 8.26. The monoisotopic (exact) mass is 491 g/mol. The number of carbonyl (C=O) groups excluding carboxylic acids is 3. The van der Waals surface area contributed by atoms with Gasteiger partial charge in [0.25, 0.3) is 5.91 Å². The Bertz CT molecular complexity index is 1170. The third-order valence-electron chi connectivity index (χ3n) is 6.06. The maximum absolute atomic E-state index is 13.0. The van der Waals surface area contributed by atoms with Crippen LogP contribution in [0.5, 0.6) is 0 Å². The van der Waals surface area contributed by atoms with Gasteiger partial charge in [0, 0.05) is 42.1 Å². The van der Waals surface area contributed by atoms with E-state index in [2.05, 4.69) is 10.3 Å². The van der Waals surface area contributed by atoms with Crippen LogP contribution >= 0.6 is 11.3 Å². The molecule has 1 aliphatic heterocycles. The van der Waals surface area contributed by atoms with Crippen LogP contribution in [0, 0.1) is 0 Å². The standard InChI is InChI=1S/C27H29N3O4S/c1-2-34-25(32)13-12-24(31)30-16-14-20(15-17-30)27-29-23(18-35-27)26(33)28-22-11-7-6-10-21(22)19-8-4-3-5-9-19/h3-11,18,20H,2,12-17H2,1H3,(H,28,33). The number of hydrogen-bond acceptors (Lipinski definition) is 6. The fraction of sp³-hybridized carbons (Fsp3) is 0.333. The second-order valence-corrected chi connectivity index (χ2v) is 9.29. The maximum atomic E-state index is 13.0. The lowest BCUT2D eigenvalue weighted by molar-refractivity contribution is -0.145. The second-order valence-electron chi connectivity index (χ2n) is 8.40. The number of benzene rings is 2. The molecule has 0 saturated carbocycles. The highest BCUT2D eigenvalue weighted by molar-refractivity contribution is 7.10. The first-order valence-corrected chi connectivity index (χ1v) is 12.8. The highest BCUT2D eigenvalue weighted by Gasteiger charge is 2.26. The molecule has 0 aliphatic carbocycles. The molecule has 0 bridgehead atoms. The van der Waals surface area contributed by atoms with Crippen LogP contribution in [0.2, 0.25) is 0 Å². The SMILES string of the molecule is CCOC(=O)CCC(=O)N1CCC(c2nc(C(=O)Nc3ccccc3-c3ccccc3)cs2)CC1. The Morgan fingerprint density at radius 3 is 2.49 bits per heavy atom. The van der Waals surface area contributed by atoms with Crippen molar-refractivity contribution in [3.63, 3.8) is 0 Å². The van der Waals surface area contributed by atoms with Crippen molar-refractivity contribution in [1.82, 2.24) is 9.88 Å². The largest absolute Gasteiger partial charge is 0.466 e. The Morgan fingerprint density at radius 1 is 1.03 bits per heavy atom. The van der Waals surface area contributed by atoms with Crippen LogP contribution in [0.4, 0.5) is 5.69 Å². The summed E-state index contributed by atoms with van der Waals surface area (Å²) in [5.74, 6) is -0.377. The molecule has 3 aromatic rings. The number of para-hydroxylation sites is 1. The highest BCUT2D eigenvalue weighted by Crippen LogP contribution is 2.32. The number of anilines is 1. The van der Waals surface area contributed by atoms with E-state index < -0.39 is 0 Å². The minimum Gasteiger partial charge on any atom is -0.466 e. The van der Waals surface area contributed by atoms with Crippen molar-refractivity contribution >= 4 is 34.8 Å². The molecule has 1 fully saturated rings. The van der Waals surface area contributed by atoms with E-state index >= 15 is 0 Å². The van der Waals surface area contributed by atoms with Gasteiger partial charge in [-0.3, -0.25) is 14.4 Å². The van der Waals surface area contributed by atoms with Gasteiger partial charge in [0.15, 0.2) is 0 Å². The maximum Gasteiger partial charge on any atom is 0.306 e. The Hall–Kier alpha value is -3.52.